The van der Waals surface area contributed by atoms with Crippen LogP contribution >= 0.6 is 0 Å². The molecule has 1 aliphatic carbocycles. The van der Waals surface area contributed by atoms with Gasteiger partial charge in [0.2, 0.25) is 0 Å². The fraction of sp³-hybridized carbons (Fsp3) is 0.500. The van der Waals surface area contributed by atoms with Crippen LogP contribution in [0.5, 0.6) is 5.75 Å². The number of ether oxygens (including phenoxy) is 1. The van der Waals surface area contributed by atoms with E-state index in [1.165, 1.54) is 37.7 Å². The lowest BCUT2D eigenvalue weighted by Gasteiger charge is -2.40. The molecular formula is C24H32N4O2. The first kappa shape index (κ1) is 20.5. The van der Waals surface area contributed by atoms with Crippen molar-refractivity contribution in [3.05, 3.63) is 48.2 Å². The maximum absolute atomic E-state index is 12.9. The van der Waals surface area contributed by atoms with E-state index in [0.717, 1.165) is 30.3 Å². The maximum atomic E-state index is 12.9. The van der Waals surface area contributed by atoms with E-state index in [1.807, 2.05) is 29.2 Å². The van der Waals surface area contributed by atoms with Crippen molar-refractivity contribution in [2.45, 2.75) is 51.0 Å². The van der Waals surface area contributed by atoms with Crippen LogP contribution in [-0.2, 0) is 0 Å². The van der Waals surface area contributed by atoms with Crippen LogP contribution in [0.25, 0.3) is 0 Å². The molecule has 2 amide bonds. The lowest BCUT2D eigenvalue weighted by atomic mass is 9.84. The zero-order valence-corrected chi connectivity index (χ0v) is 18.0. The van der Waals surface area contributed by atoms with Crippen molar-refractivity contribution >= 4 is 17.5 Å². The van der Waals surface area contributed by atoms with Crippen LogP contribution in [0.3, 0.4) is 0 Å². The van der Waals surface area contributed by atoms with E-state index in [9.17, 15) is 4.79 Å². The molecule has 0 radical (unpaired) electrons. The van der Waals surface area contributed by atoms with Crippen molar-refractivity contribution in [3.63, 3.8) is 0 Å². The van der Waals surface area contributed by atoms with E-state index in [-0.39, 0.29) is 12.1 Å². The van der Waals surface area contributed by atoms with E-state index in [1.54, 1.807) is 13.3 Å². The minimum absolute atomic E-state index is 0.0412. The van der Waals surface area contributed by atoms with E-state index in [4.69, 9.17) is 4.74 Å². The van der Waals surface area contributed by atoms with Crippen molar-refractivity contribution in [1.29, 1.82) is 0 Å². The molecule has 1 saturated heterocycles. The van der Waals surface area contributed by atoms with E-state index in [0.29, 0.717) is 12.5 Å². The minimum atomic E-state index is -0.0412. The number of hydrogen-bond donors (Lipinski definition) is 1. The molecular weight excluding hydrogens is 376 g/mol. The summed E-state index contributed by atoms with van der Waals surface area (Å²) in [6.07, 6.45) is 8.37. The number of pyridine rings is 1. The fourth-order valence-electron chi connectivity index (χ4n) is 4.70. The molecule has 2 aliphatic rings. The largest absolute Gasteiger partial charge is 0.493 e. The van der Waals surface area contributed by atoms with Crippen LogP contribution in [0.15, 0.2) is 42.6 Å². The average Bonchev–Trinajstić information content (AvgIpc) is 2.80. The summed E-state index contributed by atoms with van der Waals surface area (Å²) in [4.78, 5) is 21.5. The number of aromatic nitrogens is 1. The van der Waals surface area contributed by atoms with Gasteiger partial charge in [0.05, 0.1) is 7.11 Å². The van der Waals surface area contributed by atoms with E-state index in [2.05, 4.69) is 34.3 Å². The number of amides is 2. The Bertz CT molecular complexity index is 849. The smallest absolute Gasteiger partial charge is 0.322 e. The summed E-state index contributed by atoms with van der Waals surface area (Å²) in [6.45, 7) is 4.17. The summed E-state index contributed by atoms with van der Waals surface area (Å²) in [7, 11) is 1.66. The quantitative estimate of drug-likeness (QED) is 0.783. The van der Waals surface area contributed by atoms with E-state index < -0.39 is 0 Å². The first-order valence-electron chi connectivity index (χ1n) is 11.1. The number of urea groups is 1. The van der Waals surface area contributed by atoms with Gasteiger partial charge in [-0.25, -0.2) is 9.78 Å². The molecule has 1 aliphatic heterocycles. The highest BCUT2D eigenvalue weighted by Crippen LogP contribution is 2.33. The summed E-state index contributed by atoms with van der Waals surface area (Å²) < 4.78 is 5.44. The molecule has 1 atom stereocenters. The van der Waals surface area contributed by atoms with Gasteiger partial charge in [0, 0.05) is 37.6 Å². The molecule has 30 heavy (non-hydrogen) atoms. The summed E-state index contributed by atoms with van der Waals surface area (Å²) in [5.41, 5.74) is 2.26. The van der Waals surface area contributed by atoms with Crippen LogP contribution in [0.2, 0.25) is 0 Å². The second kappa shape index (κ2) is 9.37. The second-order valence-electron chi connectivity index (χ2n) is 8.40. The van der Waals surface area contributed by atoms with Crippen molar-refractivity contribution in [2.24, 2.45) is 0 Å². The topological polar surface area (TPSA) is 57.7 Å². The number of piperazine rings is 1. The Kier molecular flexibility index (Phi) is 6.41. The molecule has 2 heterocycles. The molecule has 0 unspecified atom stereocenters. The number of rotatable bonds is 4. The van der Waals surface area contributed by atoms with Gasteiger partial charge in [-0.15, -0.1) is 0 Å². The SMILES string of the molecule is COc1cccnc1N1CCN(C(=O)Nc2ccc(C3CCCCC3)cc2)[C@H](C)C1. The first-order valence-corrected chi connectivity index (χ1v) is 11.1. The van der Waals surface area contributed by atoms with Gasteiger partial charge in [-0.05, 0) is 55.5 Å². The number of nitrogens with zero attached hydrogens (tertiary/aromatic N) is 3. The minimum Gasteiger partial charge on any atom is -0.493 e. The van der Waals surface area contributed by atoms with Crippen LogP contribution < -0.4 is 15.0 Å². The van der Waals surface area contributed by atoms with Crippen LogP contribution in [0, 0.1) is 0 Å². The van der Waals surface area contributed by atoms with Gasteiger partial charge < -0.3 is 19.9 Å². The molecule has 1 N–H and O–H groups in total. The highest BCUT2D eigenvalue weighted by molar-refractivity contribution is 5.89. The Morgan fingerprint density at radius 3 is 2.57 bits per heavy atom. The third-order valence-corrected chi connectivity index (χ3v) is 6.40. The zero-order valence-electron chi connectivity index (χ0n) is 18.0. The Labute approximate surface area is 179 Å². The number of benzene rings is 1. The van der Waals surface area contributed by atoms with Gasteiger partial charge in [-0.3, -0.25) is 0 Å². The molecule has 2 aromatic rings. The van der Waals surface area contributed by atoms with Crippen LogP contribution in [0.4, 0.5) is 16.3 Å². The molecule has 0 spiro atoms. The standard InChI is InChI=1S/C24H32N4O2/c1-18-17-27(23-22(30-2)9-6-14-25-23)15-16-28(18)24(29)26-21-12-10-20(11-13-21)19-7-4-3-5-8-19/h6,9-14,18-19H,3-5,7-8,15-17H2,1-2H3,(H,26,29)/t18-/m1/s1. The molecule has 4 rings (SSSR count). The fourth-order valence-corrected chi connectivity index (χ4v) is 4.70. The predicted molar refractivity (Wildman–Crippen MR) is 120 cm³/mol. The van der Waals surface area contributed by atoms with Crippen molar-refractivity contribution < 1.29 is 9.53 Å². The molecule has 6 nitrogen and oxygen atoms in total. The third-order valence-electron chi connectivity index (χ3n) is 6.40. The van der Waals surface area contributed by atoms with Gasteiger partial charge in [-0.2, -0.15) is 0 Å². The van der Waals surface area contributed by atoms with E-state index >= 15 is 0 Å². The third kappa shape index (κ3) is 4.53. The summed E-state index contributed by atoms with van der Waals surface area (Å²) in [5.74, 6) is 2.28. The molecule has 160 valence electrons. The monoisotopic (exact) mass is 408 g/mol. The number of methoxy groups -OCH3 is 1. The highest BCUT2D eigenvalue weighted by Gasteiger charge is 2.29. The number of hydrogen-bond acceptors (Lipinski definition) is 4. The second-order valence-corrected chi connectivity index (χ2v) is 8.40. The highest BCUT2D eigenvalue weighted by atomic mass is 16.5. The van der Waals surface area contributed by atoms with Gasteiger partial charge >= 0.3 is 6.03 Å². The number of anilines is 2. The molecule has 1 aromatic heterocycles. The van der Waals surface area contributed by atoms with Crippen molar-refractivity contribution in [3.8, 4) is 5.75 Å². The lowest BCUT2D eigenvalue weighted by Crippen LogP contribution is -2.55. The molecule has 6 heteroatoms. The number of carbonyl (C=O) groups is 1. The average molecular weight is 409 g/mol. The molecule has 1 saturated carbocycles. The van der Waals surface area contributed by atoms with Gasteiger partial charge in [0.1, 0.15) is 0 Å². The summed E-state index contributed by atoms with van der Waals surface area (Å²) in [5, 5.41) is 3.08. The summed E-state index contributed by atoms with van der Waals surface area (Å²) in [6, 6.07) is 12.3. The van der Waals surface area contributed by atoms with Gasteiger partial charge in [0.15, 0.2) is 11.6 Å². The zero-order chi connectivity index (χ0) is 20.9. The van der Waals surface area contributed by atoms with Crippen molar-refractivity contribution in [1.82, 2.24) is 9.88 Å². The van der Waals surface area contributed by atoms with Gasteiger partial charge in [0.25, 0.3) is 0 Å². The predicted octanol–water partition coefficient (Wildman–Crippen LogP) is 4.88. The molecule has 2 fully saturated rings. The number of nitrogens with one attached hydrogen (secondary N) is 1. The number of carbonyl (C=O) groups excluding carboxylic acids is 1. The Morgan fingerprint density at radius 2 is 1.87 bits per heavy atom. The molecule has 1 aromatic carbocycles. The molecule has 0 bridgehead atoms. The van der Waals surface area contributed by atoms with Crippen LogP contribution in [0.1, 0.15) is 50.5 Å². The Balaban J connectivity index is 1.35. The van der Waals surface area contributed by atoms with Crippen LogP contribution in [-0.4, -0.2) is 48.7 Å². The normalized spacial score (nSPS) is 20.1. The first-order chi connectivity index (χ1) is 14.7. The van der Waals surface area contributed by atoms with Gasteiger partial charge in [-0.1, -0.05) is 31.4 Å². The maximum Gasteiger partial charge on any atom is 0.322 e. The lowest BCUT2D eigenvalue weighted by molar-refractivity contribution is 0.184. The Morgan fingerprint density at radius 1 is 1.10 bits per heavy atom. The Hall–Kier alpha value is -2.76. The van der Waals surface area contributed by atoms with Crippen molar-refractivity contribution in [2.75, 3.05) is 37.0 Å². The summed E-state index contributed by atoms with van der Waals surface area (Å²) >= 11 is 0.